The number of anilines is 1. The SMILES string of the molecule is Cc1ccc(C(C)(C)C)cc1-c1nc(N)cs1. The quantitative estimate of drug-likeness (QED) is 0.826. The third-order valence-electron chi connectivity index (χ3n) is 2.86. The Kier molecular flexibility index (Phi) is 2.96. The predicted octanol–water partition coefficient (Wildman–Crippen LogP) is 4.00. The summed E-state index contributed by atoms with van der Waals surface area (Å²) in [6.07, 6.45) is 0. The Morgan fingerprint density at radius 2 is 1.94 bits per heavy atom. The number of nitrogens with two attached hydrogens (primary N) is 1. The van der Waals surface area contributed by atoms with Gasteiger partial charge in [0.1, 0.15) is 10.8 Å². The van der Waals surface area contributed by atoms with Gasteiger partial charge in [-0.05, 0) is 29.5 Å². The van der Waals surface area contributed by atoms with Gasteiger partial charge < -0.3 is 5.73 Å². The lowest BCUT2D eigenvalue weighted by molar-refractivity contribution is 0.590. The van der Waals surface area contributed by atoms with Gasteiger partial charge in [0, 0.05) is 10.9 Å². The van der Waals surface area contributed by atoms with Crippen LogP contribution in [0.15, 0.2) is 23.6 Å². The molecule has 17 heavy (non-hydrogen) atoms. The van der Waals surface area contributed by atoms with Gasteiger partial charge in [-0.2, -0.15) is 0 Å². The largest absolute Gasteiger partial charge is 0.383 e. The molecule has 1 aromatic heterocycles. The average Bonchev–Trinajstić information content (AvgIpc) is 2.63. The molecule has 0 aliphatic heterocycles. The minimum absolute atomic E-state index is 0.158. The first-order valence-corrected chi connectivity index (χ1v) is 6.58. The van der Waals surface area contributed by atoms with Gasteiger partial charge in [0.25, 0.3) is 0 Å². The van der Waals surface area contributed by atoms with Crippen LogP contribution in [-0.2, 0) is 5.41 Å². The lowest BCUT2D eigenvalue weighted by Gasteiger charge is -2.20. The van der Waals surface area contributed by atoms with Gasteiger partial charge in [-0.25, -0.2) is 4.98 Å². The Morgan fingerprint density at radius 3 is 2.47 bits per heavy atom. The predicted molar refractivity (Wildman–Crippen MR) is 75.4 cm³/mol. The number of thiazole rings is 1. The Balaban J connectivity index is 2.54. The molecule has 2 N–H and O–H groups in total. The Hall–Kier alpha value is -1.35. The summed E-state index contributed by atoms with van der Waals surface area (Å²) in [5.41, 5.74) is 9.61. The molecule has 0 amide bonds. The monoisotopic (exact) mass is 246 g/mol. The Bertz CT molecular complexity index is 535. The zero-order valence-electron chi connectivity index (χ0n) is 10.7. The molecular formula is C14H18N2S. The first-order valence-electron chi connectivity index (χ1n) is 5.70. The van der Waals surface area contributed by atoms with Crippen molar-refractivity contribution >= 4 is 17.2 Å². The fraction of sp³-hybridized carbons (Fsp3) is 0.357. The lowest BCUT2D eigenvalue weighted by atomic mass is 9.85. The van der Waals surface area contributed by atoms with Gasteiger partial charge in [-0.1, -0.05) is 32.9 Å². The first kappa shape index (κ1) is 12.1. The topological polar surface area (TPSA) is 38.9 Å². The smallest absolute Gasteiger partial charge is 0.135 e. The van der Waals surface area contributed by atoms with E-state index in [-0.39, 0.29) is 5.41 Å². The van der Waals surface area contributed by atoms with Crippen molar-refractivity contribution in [3.8, 4) is 10.6 Å². The Labute approximate surface area is 107 Å². The van der Waals surface area contributed by atoms with Crippen molar-refractivity contribution in [2.75, 3.05) is 5.73 Å². The maximum Gasteiger partial charge on any atom is 0.135 e. The molecule has 0 bridgehead atoms. The minimum Gasteiger partial charge on any atom is -0.383 e. The summed E-state index contributed by atoms with van der Waals surface area (Å²) < 4.78 is 0. The second kappa shape index (κ2) is 4.15. The van der Waals surface area contributed by atoms with E-state index in [0.717, 1.165) is 5.01 Å². The second-order valence-corrected chi connectivity index (χ2v) is 6.22. The standard InChI is InChI=1S/C14H18N2S/c1-9-5-6-10(14(2,3)4)7-11(9)13-16-12(15)8-17-13/h5-8H,15H2,1-4H3. The van der Waals surface area contributed by atoms with Crippen molar-refractivity contribution in [1.29, 1.82) is 0 Å². The van der Waals surface area contributed by atoms with Crippen LogP contribution in [0.4, 0.5) is 5.82 Å². The summed E-state index contributed by atoms with van der Waals surface area (Å²) >= 11 is 1.60. The van der Waals surface area contributed by atoms with E-state index in [1.54, 1.807) is 11.3 Å². The van der Waals surface area contributed by atoms with Crippen LogP contribution in [0.25, 0.3) is 10.6 Å². The molecule has 0 fully saturated rings. The third kappa shape index (κ3) is 2.50. The molecule has 0 radical (unpaired) electrons. The molecule has 2 rings (SSSR count). The van der Waals surface area contributed by atoms with Crippen molar-refractivity contribution < 1.29 is 0 Å². The molecule has 1 aromatic carbocycles. The van der Waals surface area contributed by atoms with Gasteiger partial charge in [-0.15, -0.1) is 11.3 Å². The van der Waals surface area contributed by atoms with E-state index in [2.05, 4.69) is 50.9 Å². The number of nitrogens with zero attached hydrogens (tertiary/aromatic N) is 1. The van der Waals surface area contributed by atoms with Crippen LogP contribution in [0.2, 0.25) is 0 Å². The molecule has 0 aliphatic carbocycles. The molecule has 0 aliphatic rings. The van der Waals surface area contributed by atoms with Crippen molar-refractivity contribution in [2.24, 2.45) is 0 Å². The molecule has 0 unspecified atom stereocenters. The molecule has 0 spiro atoms. The first-order chi connectivity index (χ1) is 7.88. The number of rotatable bonds is 1. The highest BCUT2D eigenvalue weighted by molar-refractivity contribution is 7.13. The van der Waals surface area contributed by atoms with Crippen LogP contribution >= 0.6 is 11.3 Å². The van der Waals surface area contributed by atoms with Crippen molar-refractivity contribution in [1.82, 2.24) is 4.98 Å². The van der Waals surface area contributed by atoms with E-state index >= 15 is 0 Å². The molecular weight excluding hydrogens is 228 g/mol. The van der Waals surface area contributed by atoms with Gasteiger partial charge in [-0.3, -0.25) is 0 Å². The highest BCUT2D eigenvalue weighted by Crippen LogP contribution is 2.32. The number of aryl methyl sites for hydroxylation is 1. The van der Waals surface area contributed by atoms with Gasteiger partial charge in [0.2, 0.25) is 0 Å². The second-order valence-electron chi connectivity index (χ2n) is 5.36. The van der Waals surface area contributed by atoms with Crippen molar-refractivity contribution in [3.05, 3.63) is 34.7 Å². The van der Waals surface area contributed by atoms with Gasteiger partial charge in [0.15, 0.2) is 0 Å². The van der Waals surface area contributed by atoms with E-state index in [0.29, 0.717) is 5.82 Å². The summed E-state index contributed by atoms with van der Waals surface area (Å²) in [5, 5.41) is 2.89. The number of hydrogen-bond acceptors (Lipinski definition) is 3. The molecule has 3 heteroatoms. The van der Waals surface area contributed by atoms with Crippen LogP contribution in [0.5, 0.6) is 0 Å². The molecule has 90 valence electrons. The van der Waals surface area contributed by atoms with E-state index in [1.165, 1.54) is 16.7 Å². The normalized spacial score (nSPS) is 11.8. The highest BCUT2D eigenvalue weighted by atomic mass is 32.1. The zero-order chi connectivity index (χ0) is 12.6. The number of nitrogen functional groups attached to an aromatic ring is 1. The van der Waals surface area contributed by atoms with Crippen molar-refractivity contribution in [2.45, 2.75) is 33.1 Å². The molecule has 0 saturated carbocycles. The maximum atomic E-state index is 5.69. The number of hydrogen-bond donors (Lipinski definition) is 1. The molecule has 1 heterocycles. The van der Waals surface area contributed by atoms with Crippen LogP contribution < -0.4 is 5.73 Å². The highest BCUT2D eigenvalue weighted by Gasteiger charge is 2.16. The average molecular weight is 246 g/mol. The number of benzene rings is 1. The van der Waals surface area contributed by atoms with Crippen LogP contribution in [0.1, 0.15) is 31.9 Å². The van der Waals surface area contributed by atoms with E-state index in [1.807, 2.05) is 5.38 Å². The summed E-state index contributed by atoms with van der Waals surface area (Å²) in [6, 6.07) is 6.58. The summed E-state index contributed by atoms with van der Waals surface area (Å²) in [7, 11) is 0. The molecule has 0 saturated heterocycles. The van der Waals surface area contributed by atoms with Crippen molar-refractivity contribution in [3.63, 3.8) is 0 Å². The van der Waals surface area contributed by atoms with Gasteiger partial charge >= 0.3 is 0 Å². The van der Waals surface area contributed by atoms with E-state index < -0.39 is 0 Å². The van der Waals surface area contributed by atoms with Crippen LogP contribution in [0.3, 0.4) is 0 Å². The molecule has 2 aromatic rings. The summed E-state index contributed by atoms with van der Waals surface area (Å²) in [6.45, 7) is 8.77. The van der Waals surface area contributed by atoms with Crippen LogP contribution in [-0.4, -0.2) is 4.98 Å². The lowest BCUT2D eigenvalue weighted by Crippen LogP contribution is -2.11. The molecule has 2 nitrogen and oxygen atoms in total. The third-order valence-corrected chi connectivity index (χ3v) is 3.75. The van der Waals surface area contributed by atoms with E-state index in [4.69, 9.17) is 5.73 Å². The fourth-order valence-electron chi connectivity index (χ4n) is 1.73. The maximum absolute atomic E-state index is 5.69. The van der Waals surface area contributed by atoms with Gasteiger partial charge in [0.05, 0.1) is 0 Å². The minimum atomic E-state index is 0.158. The summed E-state index contributed by atoms with van der Waals surface area (Å²) in [5.74, 6) is 0.602. The fourth-order valence-corrected chi connectivity index (χ4v) is 2.52. The van der Waals surface area contributed by atoms with E-state index in [9.17, 15) is 0 Å². The van der Waals surface area contributed by atoms with Crippen LogP contribution in [0, 0.1) is 6.92 Å². The number of aromatic nitrogens is 1. The molecule has 0 atom stereocenters. The summed E-state index contributed by atoms with van der Waals surface area (Å²) in [4.78, 5) is 4.36. The Morgan fingerprint density at radius 1 is 1.24 bits per heavy atom. The zero-order valence-corrected chi connectivity index (χ0v) is 11.6.